The maximum atomic E-state index is 12.7. The minimum Gasteiger partial charge on any atom is -0.496 e. The lowest BCUT2D eigenvalue weighted by Gasteiger charge is -2.11. The van der Waals surface area contributed by atoms with Gasteiger partial charge in [-0.25, -0.2) is 4.98 Å². The predicted octanol–water partition coefficient (Wildman–Crippen LogP) is 3.15. The van der Waals surface area contributed by atoms with Gasteiger partial charge in [-0.2, -0.15) is 4.39 Å². The number of hydrogen-bond acceptors (Lipinski definition) is 3. The zero-order valence-corrected chi connectivity index (χ0v) is 10.4. The van der Waals surface area contributed by atoms with Crippen molar-refractivity contribution in [2.24, 2.45) is 0 Å². The van der Waals surface area contributed by atoms with E-state index in [1.807, 2.05) is 19.1 Å². The second-order valence-corrected chi connectivity index (χ2v) is 4.04. The first-order valence-electron chi connectivity index (χ1n) is 5.68. The first kappa shape index (κ1) is 12.4. The number of pyridine rings is 1. The van der Waals surface area contributed by atoms with E-state index in [9.17, 15) is 4.39 Å². The van der Waals surface area contributed by atoms with Gasteiger partial charge in [-0.1, -0.05) is 17.7 Å². The molecule has 1 heterocycles. The summed E-state index contributed by atoms with van der Waals surface area (Å²) in [6.45, 7) is 2.64. The number of aryl methyl sites for hydroxylation is 1. The van der Waals surface area contributed by atoms with Crippen molar-refractivity contribution in [3.63, 3.8) is 0 Å². The first-order valence-corrected chi connectivity index (χ1v) is 5.68. The van der Waals surface area contributed by atoms with Gasteiger partial charge >= 0.3 is 0 Å². The van der Waals surface area contributed by atoms with Gasteiger partial charge in [0.2, 0.25) is 5.95 Å². The van der Waals surface area contributed by atoms with Crippen molar-refractivity contribution in [1.82, 2.24) is 4.98 Å². The molecule has 0 fully saturated rings. The molecule has 0 saturated heterocycles. The summed E-state index contributed by atoms with van der Waals surface area (Å²) < 4.78 is 18.0. The van der Waals surface area contributed by atoms with Crippen LogP contribution in [0.2, 0.25) is 0 Å². The minimum atomic E-state index is -0.478. The number of methoxy groups -OCH3 is 1. The number of halogens is 1. The Morgan fingerprint density at radius 3 is 2.78 bits per heavy atom. The van der Waals surface area contributed by atoms with Crippen molar-refractivity contribution < 1.29 is 9.13 Å². The smallest absolute Gasteiger partial charge is 0.212 e. The van der Waals surface area contributed by atoms with Crippen LogP contribution in [0.1, 0.15) is 11.1 Å². The highest BCUT2D eigenvalue weighted by molar-refractivity contribution is 5.44. The summed E-state index contributed by atoms with van der Waals surface area (Å²) in [6.07, 6.45) is 1.47. The lowest BCUT2D eigenvalue weighted by Crippen LogP contribution is -2.02. The van der Waals surface area contributed by atoms with Crippen LogP contribution >= 0.6 is 0 Å². The van der Waals surface area contributed by atoms with Crippen LogP contribution in [-0.2, 0) is 6.54 Å². The largest absolute Gasteiger partial charge is 0.496 e. The third-order valence-corrected chi connectivity index (χ3v) is 2.65. The summed E-state index contributed by atoms with van der Waals surface area (Å²) in [7, 11) is 1.65. The molecule has 0 radical (unpaired) electrons. The second kappa shape index (κ2) is 5.49. The maximum Gasteiger partial charge on any atom is 0.212 e. The van der Waals surface area contributed by atoms with Crippen molar-refractivity contribution in [1.29, 1.82) is 0 Å². The van der Waals surface area contributed by atoms with Gasteiger partial charge in [0.25, 0.3) is 0 Å². The molecule has 18 heavy (non-hydrogen) atoms. The van der Waals surface area contributed by atoms with Gasteiger partial charge in [0.15, 0.2) is 0 Å². The van der Waals surface area contributed by atoms with Crippen molar-refractivity contribution in [2.45, 2.75) is 13.5 Å². The van der Waals surface area contributed by atoms with Crippen LogP contribution < -0.4 is 10.1 Å². The van der Waals surface area contributed by atoms with E-state index >= 15 is 0 Å². The summed E-state index contributed by atoms with van der Waals surface area (Å²) in [4.78, 5) is 3.59. The lowest BCUT2D eigenvalue weighted by atomic mass is 10.1. The Kier molecular flexibility index (Phi) is 3.77. The molecule has 0 spiro atoms. The molecule has 0 aliphatic carbocycles. The number of nitrogens with zero attached hydrogens (tertiary/aromatic N) is 1. The van der Waals surface area contributed by atoms with Crippen molar-refractivity contribution in [3.8, 4) is 5.75 Å². The first-order chi connectivity index (χ1) is 8.69. The number of benzene rings is 1. The van der Waals surface area contributed by atoms with Crippen LogP contribution in [0, 0.1) is 12.9 Å². The van der Waals surface area contributed by atoms with Crippen LogP contribution in [0.5, 0.6) is 5.75 Å². The fraction of sp³-hybridized carbons (Fsp3) is 0.214. The molecule has 0 aliphatic heterocycles. The Morgan fingerprint density at radius 1 is 1.28 bits per heavy atom. The number of ether oxygens (including phenoxy) is 1. The fourth-order valence-corrected chi connectivity index (χ4v) is 1.72. The molecule has 0 amide bonds. The Morgan fingerprint density at radius 2 is 2.11 bits per heavy atom. The second-order valence-electron chi connectivity index (χ2n) is 4.04. The van der Waals surface area contributed by atoms with E-state index < -0.39 is 5.95 Å². The van der Waals surface area contributed by atoms with Crippen molar-refractivity contribution in [2.75, 3.05) is 12.4 Å². The van der Waals surface area contributed by atoms with E-state index in [2.05, 4.69) is 16.4 Å². The Hall–Kier alpha value is -2.10. The molecule has 2 aromatic rings. The number of nitrogens with one attached hydrogen (secondary N) is 1. The fourth-order valence-electron chi connectivity index (χ4n) is 1.72. The van der Waals surface area contributed by atoms with Gasteiger partial charge < -0.3 is 10.1 Å². The molecule has 1 aromatic carbocycles. The predicted molar refractivity (Wildman–Crippen MR) is 69.3 cm³/mol. The van der Waals surface area contributed by atoms with E-state index in [1.165, 1.54) is 17.8 Å². The molecule has 1 aromatic heterocycles. The average molecular weight is 246 g/mol. The highest BCUT2D eigenvalue weighted by Crippen LogP contribution is 2.20. The van der Waals surface area contributed by atoms with Crippen LogP contribution in [0.15, 0.2) is 36.5 Å². The molecule has 0 aliphatic rings. The third kappa shape index (κ3) is 2.97. The quantitative estimate of drug-likeness (QED) is 0.841. The van der Waals surface area contributed by atoms with Crippen molar-refractivity contribution in [3.05, 3.63) is 53.6 Å². The average Bonchev–Trinajstić information content (AvgIpc) is 2.38. The van der Waals surface area contributed by atoms with E-state index in [1.54, 1.807) is 13.2 Å². The lowest BCUT2D eigenvalue weighted by molar-refractivity contribution is 0.410. The summed E-state index contributed by atoms with van der Waals surface area (Å²) in [5.41, 5.74) is 3.01. The van der Waals surface area contributed by atoms with Gasteiger partial charge in [0.1, 0.15) is 5.75 Å². The summed E-state index contributed by atoms with van der Waals surface area (Å²) in [5.74, 6) is 0.358. The summed E-state index contributed by atoms with van der Waals surface area (Å²) in [6, 6.07) is 8.99. The normalized spacial score (nSPS) is 10.2. The Balaban J connectivity index is 2.09. The third-order valence-electron chi connectivity index (χ3n) is 2.65. The number of rotatable bonds is 4. The van der Waals surface area contributed by atoms with Gasteiger partial charge in [-0.15, -0.1) is 0 Å². The minimum absolute atomic E-state index is 0.478. The van der Waals surface area contributed by atoms with E-state index in [-0.39, 0.29) is 0 Å². The molecule has 4 heteroatoms. The molecule has 0 atom stereocenters. The maximum absolute atomic E-state index is 12.7. The van der Waals surface area contributed by atoms with Gasteiger partial charge in [0, 0.05) is 12.1 Å². The van der Waals surface area contributed by atoms with E-state index in [4.69, 9.17) is 4.74 Å². The highest BCUT2D eigenvalue weighted by Gasteiger charge is 2.03. The Labute approximate surface area is 106 Å². The molecule has 2 rings (SSSR count). The Bertz CT molecular complexity index is 526. The molecule has 0 saturated carbocycles. The molecular weight excluding hydrogens is 231 g/mol. The number of hydrogen-bond donors (Lipinski definition) is 1. The zero-order chi connectivity index (χ0) is 13.0. The molecule has 94 valence electrons. The van der Waals surface area contributed by atoms with Gasteiger partial charge in [-0.3, -0.25) is 0 Å². The van der Waals surface area contributed by atoms with Gasteiger partial charge in [-0.05, 0) is 25.1 Å². The van der Waals surface area contributed by atoms with Crippen molar-refractivity contribution >= 4 is 5.69 Å². The van der Waals surface area contributed by atoms with E-state index in [0.717, 1.165) is 17.0 Å². The molecule has 1 N–H and O–H groups in total. The summed E-state index contributed by atoms with van der Waals surface area (Å²) >= 11 is 0. The molecule has 3 nitrogen and oxygen atoms in total. The molecule has 0 unspecified atom stereocenters. The van der Waals surface area contributed by atoms with E-state index in [0.29, 0.717) is 6.54 Å². The molecular formula is C14H15FN2O. The van der Waals surface area contributed by atoms with Crippen LogP contribution in [0.25, 0.3) is 0 Å². The number of aromatic nitrogens is 1. The van der Waals surface area contributed by atoms with Crippen LogP contribution in [-0.4, -0.2) is 12.1 Å². The molecule has 0 bridgehead atoms. The standard InChI is InChI=1S/C14H15FN2O/c1-10-3-5-13(18-2)11(7-10)8-16-12-4-6-14(15)17-9-12/h3-7,9,16H,8H2,1-2H3. The SMILES string of the molecule is COc1ccc(C)cc1CNc1ccc(F)nc1. The topological polar surface area (TPSA) is 34.1 Å². The zero-order valence-electron chi connectivity index (χ0n) is 10.4. The van der Waals surface area contributed by atoms with Gasteiger partial charge in [0.05, 0.1) is 19.0 Å². The van der Waals surface area contributed by atoms with Crippen LogP contribution in [0.4, 0.5) is 10.1 Å². The van der Waals surface area contributed by atoms with Crippen LogP contribution in [0.3, 0.4) is 0 Å². The number of anilines is 1. The monoisotopic (exact) mass is 246 g/mol. The highest BCUT2D eigenvalue weighted by atomic mass is 19.1. The summed E-state index contributed by atoms with van der Waals surface area (Å²) in [5, 5.41) is 3.18.